The number of hydrogen-bond donors (Lipinski definition) is 1. The highest BCUT2D eigenvalue weighted by Crippen LogP contribution is 2.29. The summed E-state index contributed by atoms with van der Waals surface area (Å²) in [5.41, 5.74) is -0.710. The summed E-state index contributed by atoms with van der Waals surface area (Å²) in [7, 11) is 1.19. The van der Waals surface area contributed by atoms with Crippen LogP contribution in [0.15, 0.2) is 0 Å². The smallest absolute Gasteiger partial charge is 0.423 e. The molecule has 6 heteroatoms. The number of carbonyl (C=O) groups excluding carboxylic acids is 2. The van der Waals surface area contributed by atoms with Crippen LogP contribution >= 0.6 is 0 Å². The number of aliphatic hydroxyl groups excluding tert-OH is 1. The Hall–Kier alpha value is -1.14. The van der Waals surface area contributed by atoms with Crippen molar-refractivity contribution < 1.29 is 28.7 Å². The third-order valence-electron chi connectivity index (χ3n) is 2.70. The Bertz CT molecular complexity index is 322. The lowest BCUT2D eigenvalue weighted by molar-refractivity contribution is -0.823. The second kappa shape index (κ2) is 4.62. The zero-order valence-corrected chi connectivity index (χ0v) is 10.7. The Morgan fingerprint density at radius 1 is 1.29 bits per heavy atom. The van der Waals surface area contributed by atoms with E-state index in [1.54, 1.807) is 20.8 Å². The Morgan fingerprint density at radius 2 is 1.88 bits per heavy atom. The average Bonchev–Trinajstić information content (AvgIpc) is 2.57. The molecular formula is C11H20NO5+. The first-order chi connectivity index (χ1) is 7.74. The van der Waals surface area contributed by atoms with E-state index in [0.29, 0.717) is 12.8 Å². The van der Waals surface area contributed by atoms with Gasteiger partial charge in [-0.25, -0.2) is 0 Å². The van der Waals surface area contributed by atoms with Gasteiger partial charge in [0, 0.05) is 12.8 Å². The van der Waals surface area contributed by atoms with Gasteiger partial charge >= 0.3 is 12.2 Å². The monoisotopic (exact) mass is 246 g/mol. The second-order valence-corrected chi connectivity index (χ2v) is 5.17. The molecule has 0 aromatic rings. The van der Waals surface area contributed by atoms with Crippen molar-refractivity contribution in [2.24, 2.45) is 0 Å². The first-order valence-electron chi connectivity index (χ1n) is 5.62. The summed E-state index contributed by atoms with van der Waals surface area (Å²) < 4.78 is 9.02. The summed E-state index contributed by atoms with van der Waals surface area (Å²) in [4.78, 5) is 23.8. The van der Waals surface area contributed by atoms with E-state index < -0.39 is 28.5 Å². The molecule has 1 fully saturated rings. The van der Waals surface area contributed by atoms with Gasteiger partial charge in [-0.15, -0.1) is 0 Å². The van der Waals surface area contributed by atoms with Gasteiger partial charge in [-0.1, -0.05) is 4.48 Å². The SMILES string of the molecule is COC(=O)[N+]1(C(=O)OC(C)(C)C)CCC[C@@H]1O. The van der Waals surface area contributed by atoms with Crippen LogP contribution in [0.4, 0.5) is 9.59 Å². The molecule has 1 saturated heterocycles. The van der Waals surface area contributed by atoms with Crippen molar-refractivity contribution in [1.29, 1.82) is 0 Å². The van der Waals surface area contributed by atoms with E-state index in [1.807, 2.05) is 0 Å². The molecule has 1 N–H and O–H groups in total. The molecule has 98 valence electrons. The topological polar surface area (TPSA) is 72.8 Å². The normalized spacial score (nSPS) is 28.9. The van der Waals surface area contributed by atoms with Gasteiger partial charge in [0.2, 0.25) is 6.23 Å². The van der Waals surface area contributed by atoms with Crippen LogP contribution in [0.1, 0.15) is 33.6 Å². The number of amides is 2. The largest absolute Gasteiger partial charge is 0.529 e. The lowest BCUT2D eigenvalue weighted by Crippen LogP contribution is -2.61. The van der Waals surface area contributed by atoms with Gasteiger partial charge in [-0.05, 0) is 20.8 Å². The molecule has 0 aliphatic carbocycles. The molecule has 0 aromatic heterocycles. The van der Waals surface area contributed by atoms with Crippen LogP contribution in [0, 0.1) is 0 Å². The molecule has 0 radical (unpaired) electrons. The van der Waals surface area contributed by atoms with Gasteiger partial charge in [0.05, 0.1) is 7.11 Å². The van der Waals surface area contributed by atoms with Crippen molar-refractivity contribution in [3.63, 3.8) is 0 Å². The maximum atomic E-state index is 12.1. The number of hydrogen-bond acceptors (Lipinski definition) is 5. The number of aliphatic hydroxyl groups is 1. The van der Waals surface area contributed by atoms with Crippen molar-refractivity contribution in [2.45, 2.75) is 45.4 Å². The van der Waals surface area contributed by atoms with Crippen molar-refractivity contribution in [3.05, 3.63) is 0 Å². The van der Waals surface area contributed by atoms with Gasteiger partial charge in [-0.3, -0.25) is 0 Å². The van der Waals surface area contributed by atoms with E-state index in [-0.39, 0.29) is 6.54 Å². The summed E-state index contributed by atoms with van der Waals surface area (Å²) in [5.74, 6) is 0. The van der Waals surface area contributed by atoms with E-state index in [9.17, 15) is 14.7 Å². The fraction of sp³-hybridized carbons (Fsp3) is 0.818. The quantitative estimate of drug-likeness (QED) is 0.657. The van der Waals surface area contributed by atoms with Crippen LogP contribution < -0.4 is 0 Å². The fourth-order valence-electron chi connectivity index (χ4n) is 1.90. The van der Waals surface area contributed by atoms with Crippen molar-refractivity contribution >= 4 is 12.2 Å². The van der Waals surface area contributed by atoms with Crippen LogP contribution in [-0.2, 0) is 9.47 Å². The molecule has 1 unspecified atom stereocenters. The Morgan fingerprint density at radius 3 is 2.24 bits per heavy atom. The Kier molecular flexibility index (Phi) is 3.78. The lowest BCUT2D eigenvalue weighted by Gasteiger charge is -2.31. The number of rotatable bonds is 0. The highest BCUT2D eigenvalue weighted by atomic mass is 16.6. The molecule has 1 rings (SSSR count). The Balaban J connectivity index is 3.00. The lowest BCUT2D eigenvalue weighted by atomic mass is 10.2. The number of imide groups is 1. The third-order valence-corrected chi connectivity index (χ3v) is 2.70. The van der Waals surface area contributed by atoms with Crippen molar-refractivity contribution in [2.75, 3.05) is 13.7 Å². The van der Waals surface area contributed by atoms with E-state index in [4.69, 9.17) is 4.74 Å². The number of methoxy groups -OCH3 is 1. The minimum Gasteiger partial charge on any atom is -0.423 e. The summed E-state index contributed by atoms with van der Waals surface area (Å²) in [6, 6.07) is 0. The molecule has 17 heavy (non-hydrogen) atoms. The van der Waals surface area contributed by atoms with Gasteiger partial charge in [0.1, 0.15) is 12.1 Å². The molecule has 2 amide bonds. The van der Waals surface area contributed by atoms with E-state index >= 15 is 0 Å². The van der Waals surface area contributed by atoms with Gasteiger partial charge in [0.25, 0.3) is 0 Å². The summed E-state index contributed by atoms with van der Waals surface area (Å²) in [5, 5.41) is 9.88. The molecule has 6 nitrogen and oxygen atoms in total. The molecule has 0 aromatic carbocycles. The van der Waals surface area contributed by atoms with E-state index in [2.05, 4.69) is 4.74 Å². The predicted molar refractivity (Wildman–Crippen MR) is 59.0 cm³/mol. The van der Waals surface area contributed by atoms with Gasteiger partial charge < -0.3 is 14.6 Å². The number of likely N-dealkylation sites (tertiary alicyclic amines) is 1. The maximum absolute atomic E-state index is 12.1. The third kappa shape index (κ3) is 2.58. The minimum atomic E-state index is -1.09. The Labute approximate surface area is 101 Å². The highest BCUT2D eigenvalue weighted by molar-refractivity contribution is 5.76. The zero-order chi connectivity index (χ0) is 13.3. The zero-order valence-electron chi connectivity index (χ0n) is 10.7. The van der Waals surface area contributed by atoms with E-state index in [0.717, 1.165) is 0 Å². The van der Waals surface area contributed by atoms with E-state index in [1.165, 1.54) is 7.11 Å². The second-order valence-electron chi connectivity index (χ2n) is 5.17. The molecule has 0 spiro atoms. The average molecular weight is 246 g/mol. The van der Waals surface area contributed by atoms with Crippen LogP contribution in [0.3, 0.4) is 0 Å². The fourth-order valence-corrected chi connectivity index (χ4v) is 1.90. The number of quaternary nitrogens is 1. The van der Waals surface area contributed by atoms with Crippen LogP contribution in [0.5, 0.6) is 0 Å². The molecule has 1 aliphatic rings. The first-order valence-corrected chi connectivity index (χ1v) is 5.62. The van der Waals surface area contributed by atoms with Crippen LogP contribution in [0.2, 0.25) is 0 Å². The first kappa shape index (κ1) is 13.9. The van der Waals surface area contributed by atoms with Crippen molar-refractivity contribution in [1.82, 2.24) is 0 Å². The van der Waals surface area contributed by atoms with Gasteiger partial charge in [0.15, 0.2) is 0 Å². The minimum absolute atomic E-state index is 0.211. The van der Waals surface area contributed by atoms with Crippen LogP contribution in [-0.4, -0.2) is 47.3 Å². The molecular weight excluding hydrogens is 226 g/mol. The van der Waals surface area contributed by atoms with Crippen molar-refractivity contribution in [3.8, 4) is 0 Å². The number of nitrogens with zero attached hydrogens (tertiary/aromatic N) is 1. The number of ether oxygens (including phenoxy) is 2. The standard InChI is InChI=1S/C11H20NO5/c1-11(2,3)17-10(15)12(9(14)16-4)7-5-6-8(12)13/h8,13H,5-7H2,1-4H3/q+1/t8-,12?/m0/s1. The summed E-state index contributed by atoms with van der Waals surface area (Å²) in [6.45, 7) is 5.34. The number of carbonyl (C=O) groups is 2. The maximum Gasteiger partial charge on any atom is 0.529 e. The predicted octanol–water partition coefficient (Wildman–Crippen LogP) is 1.62. The molecule has 0 bridgehead atoms. The van der Waals surface area contributed by atoms with Gasteiger partial charge in [-0.2, -0.15) is 9.59 Å². The molecule has 2 atom stereocenters. The van der Waals surface area contributed by atoms with Crippen LogP contribution in [0.25, 0.3) is 0 Å². The summed E-state index contributed by atoms with van der Waals surface area (Å²) >= 11 is 0. The summed E-state index contributed by atoms with van der Waals surface area (Å²) in [6.07, 6.45) is -1.65. The molecule has 0 saturated carbocycles. The molecule has 1 heterocycles. The highest BCUT2D eigenvalue weighted by Gasteiger charge is 2.58. The molecule has 1 aliphatic heterocycles.